The van der Waals surface area contributed by atoms with Gasteiger partial charge in [0.1, 0.15) is 11.5 Å². The summed E-state index contributed by atoms with van der Waals surface area (Å²) in [5, 5.41) is 0. The first-order chi connectivity index (χ1) is 13.7. The third-order valence-corrected chi connectivity index (χ3v) is 4.62. The van der Waals surface area contributed by atoms with Gasteiger partial charge in [-0.25, -0.2) is 9.59 Å². The Bertz CT molecular complexity index is 876. The molecule has 0 aliphatic heterocycles. The summed E-state index contributed by atoms with van der Waals surface area (Å²) in [6.07, 6.45) is 2.39. The highest BCUT2D eigenvalue weighted by molar-refractivity contribution is 5.89. The van der Waals surface area contributed by atoms with Crippen molar-refractivity contribution in [3.63, 3.8) is 0 Å². The highest BCUT2D eigenvalue weighted by Crippen LogP contribution is 2.26. The Morgan fingerprint density at radius 2 is 1.10 bits per heavy atom. The van der Waals surface area contributed by atoms with Crippen LogP contribution in [0.25, 0.3) is 0 Å². The third kappa shape index (κ3) is 5.92. The summed E-state index contributed by atoms with van der Waals surface area (Å²) in [6, 6.07) is 11.4. The van der Waals surface area contributed by atoms with Crippen molar-refractivity contribution in [2.75, 3.05) is 0 Å². The number of esters is 2. The summed E-state index contributed by atoms with van der Waals surface area (Å²) in [5.74, 6) is 0.202. The minimum absolute atomic E-state index is 0.368. The van der Waals surface area contributed by atoms with E-state index in [1.54, 1.807) is 13.8 Å². The lowest BCUT2D eigenvalue weighted by Gasteiger charge is -2.14. The molecule has 0 bridgehead atoms. The first-order valence-corrected chi connectivity index (χ1v) is 9.74. The number of carbonyl (C=O) groups excluding carboxylic acids is 2. The summed E-state index contributed by atoms with van der Waals surface area (Å²) in [5.41, 5.74) is 5.32. The molecule has 2 rings (SSSR count). The van der Waals surface area contributed by atoms with Gasteiger partial charge < -0.3 is 9.47 Å². The minimum Gasteiger partial charge on any atom is -0.423 e. The second-order valence-electron chi connectivity index (χ2n) is 7.08. The van der Waals surface area contributed by atoms with Crippen LogP contribution < -0.4 is 9.47 Å². The van der Waals surface area contributed by atoms with Gasteiger partial charge in [0.15, 0.2) is 0 Å². The Hall–Kier alpha value is -3.14. The molecule has 0 amide bonds. The fourth-order valence-corrected chi connectivity index (χ4v) is 2.93. The predicted octanol–water partition coefficient (Wildman–Crippen LogP) is 5.37. The van der Waals surface area contributed by atoms with Gasteiger partial charge in [-0.2, -0.15) is 0 Å². The molecule has 0 atom stereocenters. The van der Waals surface area contributed by atoms with Gasteiger partial charge in [-0.15, -0.1) is 0 Å². The topological polar surface area (TPSA) is 52.6 Å². The predicted molar refractivity (Wildman–Crippen MR) is 115 cm³/mol. The lowest BCUT2D eigenvalue weighted by Crippen LogP contribution is -2.09. The first-order valence-electron chi connectivity index (χ1n) is 9.74. The number of hydrogen-bond donors (Lipinski definition) is 0. The summed E-state index contributed by atoms with van der Waals surface area (Å²) in [6.45, 7) is 14.6. The highest BCUT2D eigenvalue weighted by atomic mass is 16.5. The molecule has 0 unspecified atom stereocenters. The van der Waals surface area contributed by atoms with Crippen LogP contribution in [-0.4, -0.2) is 11.9 Å². The monoisotopic (exact) mass is 392 g/mol. The maximum Gasteiger partial charge on any atom is 0.338 e. The van der Waals surface area contributed by atoms with Crippen LogP contribution in [0.2, 0.25) is 0 Å². The van der Waals surface area contributed by atoms with E-state index in [9.17, 15) is 9.59 Å². The van der Waals surface area contributed by atoms with Crippen LogP contribution in [0.5, 0.6) is 11.5 Å². The van der Waals surface area contributed by atoms with Crippen LogP contribution in [0.15, 0.2) is 60.7 Å². The number of benzene rings is 2. The molecule has 4 heteroatoms. The molecule has 2 aromatic rings. The van der Waals surface area contributed by atoms with Crippen molar-refractivity contribution in [1.82, 2.24) is 0 Å². The zero-order chi connectivity index (χ0) is 21.6. The van der Waals surface area contributed by atoms with E-state index in [1.807, 2.05) is 36.4 Å². The maximum atomic E-state index is 11.8. The molecule has 0 N–H and O–H groups in total. The SMILES string of the molecule is C=C(C)C(=O)Oc1ccc(Cc2ccc(OC(=O)C(=C)C)cc2CC)c(CC)c1. The van der Waals surface area contributed by atoms with E-state index in [-0.39, 0.29) is 0 Å². The molecule has 4 nitrogen and oxygen atoms in total. The molecule has 0 aromatic heterocycles. The number of carbonyl (C=O) groups is 2. The third-order valence-electron chi connectivity index (χ3n) is 4.62. The molecule has 0 spiro atoms. The van der Waals surface area contributed by atoms with Crippen molar-refractivity contribution < 1.29 is 19.1 Å². The maximum absolute atomic E-state index is 11.8. The summed E-state index contributed by atoms with van der Waals surface area (Å²) in [4.78, 5) is 23.5. The van der Waals surface area contributed by atoms with Gasteiger partial charge in [0.25, 0.3) is 0 Å². The molecule has 0 saturated heterocycles. The van der Waals surface area contributed by atoms with Crippen molar-refractivity contribution in [2.24, 2.45) is 0 Å². The van der Waals surface area contributed by atoms with E-state index < -0.39 is 11.9 Å². The van der Waals surface area contributed by atoms with Crippen LogP contribution in [0.4, 0.5) is 0 Å². The van der Waals surface area contributed by atoms with Crippen molar-refractivity contribution in [1.29, 1.82) is 0 Å². The molecular formula is C25H28O4. The zero-order valence-corrected chi connectivity index (χ0v) is 17.6. The summed E-state index contributed by atoms with van der Waals surface area (Å²) < 4.78 is 10.7. The van der Waals surface area contributed by atoms with E-state index in [4.69, 9.17) is 9.47 Å². The summed E-state index contributed by atoms with van der Waals surface area (Å²) >= 11 is 0. The number of rotatable bonds is 8. The molecule has 0 fully saturated rings. The minimum atomic E-state index is -0.423. The van der Waals surface area contributed by atoms with Crippen LogP contribution in [0.3, 0.4) is 0 Å². The molecule has 152 valence electrons. The molecule has 0 aliphatic rings. The lowest BCUT2D eigenvalue weighted by atomic mass is 9.94. The largest absolute Gasteiger partial charge is 0.423 e. The first kappa shape index (κ1) is 22.2. The Labute approximate surface area is 172 Å². The van der Waals surface area contributed by atoms with Crippen molar-refractivity contribution in [3.8, 4) is 11.5 Å². The Morgan fingerprint density at radius 3 is 1.41 bits per heavy atom. The second kappa shape index (κ2) is 9.87. The molecule has 0 radical (unpaired) electrons. The van der Waals surface area contributed by atoms with E-state index in [0.717, 1.165) is 30.4 Å². The van der Waals surface area contributed by atoms with Crippen molar-refractivity contribution >= 4 is 11.9 Å². The number of aryl methyl sites for hydroxylation is 2. The van der Waals surface area contributed by atoms with E-state index >= 15 is 0 Å². The zero-order valence-electron chi connectivity index (χ0n) is 17.6. The second-order valence-corrected chi connectivity index (χ2v) is 7.08. The normalized spacial score (nSPS) is 10.3. The van der Waals surface area contributed by atoms with Gasteiger partial charge in [-0.05, 0) is 79.6 Å². The fraction of sp³-hybridized carbons (Fsp3) is 0.280. The number of ether oxygens (including phenoxy) is 2. The smallest absolute Gasteiger partial charge is 0.338 e. The van der Waals surface area contributed by atoms with E-state index in [0.29, 0.717) is 22.6 Å². The van der Waals surface area contributed by atoms with Gasteiger partial charge in [0, 0.05) is 11.1 Å². The van der Waals surface area contributed by atoms with Gasteiger partial charge in [-0.1, -0.05) is 39.1 Å². The van der Waals surface area contributed by atoms with E-state index in [2.05, 4.69) is 27.0 Å². The number of hydrogen-bond acceptors (Lipinski definition) is 4. The molecule has 0 aliphatic carbocycles. The highest BCUT2D eigenvalue weighted by Gasteiger charge is 2.12. The van der Waals surface area contributed by atoms with Crippen LogP contribution >= 0.6 is 0 Å². The molecule has 29 heavy (non-hydrogen) atoms. The fourth-order valence-electron chi connectivity index (χ4n) is 2.93. The average Bonchev–Trinajstić information content (AvgIpc) is 2.69. The molecular weight excluding hydrogens is 364 g/mol. The molecule has 0 saturated carbocycles. The van der Waals surface area contributed by atoms with Crippen LogP contribution in [0, 0.1) is 0 Å². The average molecular weight is 392 g/mol. The Balaban J connectivity index is 2.26. The quantitative estimate of drug-likeness (QED) is 0.344. The van der Waals surface area contributed by atoms with Crippen LogP contribution in [-0.2, 0) is 28.9 Å². The van der Waals surface area contributed by atoms with Gasteiger partial charge >= 0.3 is 11.9 Å². The standard InChI is InChI=1S/C25H28O4/c1-7-18-14-22(28-24(26)16(3)4)11-9-20(18)13-21-10-12-23(15-19(21)8-2)29-25(27)17(5)6/h9-12,14-15H,3,5,7-8,13H2,1-2,4,6H3. The van der Waals surface area contributed by atoms with Gasteiger partial charge in [0.05, 0.1) is 0 Å². The lowest BCUT2D eigenvalue weighted by molar-refractivity contribution is -0.130. The summed E-state index contributed by atoms with van der Waals surface area (Å²) in [7, 11) is 0. The Kier molecular flexibility index (Phi) is 7.54. The van der Waals surface area contributed by atoms with Gasteiger partial charge in [0.2, 0.25) is 0 Å². The van der Waals surface area contributed by atoms with Gasteiger partial charge in [-0.3, -0.25) is 0 Å². The van der Waals surface area contributed by atoms with Crippen LogP contribution in [0.1, 0.15) is 49.9 Å². The van der Waals surface area contributed by atoms with Crippen molar-refractivity contribution in [2.45, 2.75) is 47.0 Å². The molecule has 0 heterocycles. The van der Waals surface area contributed by atoms with Crippen molar-refractivity contribution in [3.05, 3.63) is 83.0 Å². The van der Waals surface area contributed by atoms with E-state index in [1.165, 1.54) is 11.1 Å². The molecule has 2 aromatic carbocycles. The Morgan fingerprint density at radius 1 is 0.724 bits per heavy atom.